The summed E-state index contributed by atoms with van der Waals surface area (Å²) in [6, 6.07) is 10.8. The first kappa shape index (κ1) is 26.7. The lowest BCUT2D eigenvalue weighted by atomic mass is 9.84. The second-order valence-corrected chi connectivity index (χ2v) is 11.1. The molecule has 1 aliphatic carbocycles. The first-order chi connectivity index (χ1) is 18.5. The number of pyridine rings is 2. The molecule has 0 aromatic carbocycles. The highest BCUT2D eigenvalue weighted by Gasteiger charge is 2.25. The molecule has 38 heavy (non-hydrogen) atoms. The third-order valence-corrected chi connectivity index (χ3v) is 8.22. The Bertz CT molecular complexity index is 1030. The van der Waals surface area contributed by atoms with Gasteiger partial charge < -0.3 is 24.8 Å². The van der Waals surface area contributed by atoms with Crippen LogP contribution < -0.4 is 15.1 Å². The second kappa shape index (κ2) is 12.8. The zero-order valence-corrected chi connectivity index (χ0v) is 23.0. The molecule has 2 amide bonds. The van der Waals surface area contributed by atoms with Crippen LogP contribution in [0.1, 0.15) is 32.1 Å². The van der Waals surface area contributed by atoms with E-state index < -0.39 is 0 Å². The van der Waals surface area contributed by atoms with Gasteiger partial charge in [-0.25, -0.2) is 9.78 Å². The number of nitrogens with one attached hydrogen (secondary N) is 1. The SMILES string of the molecule is CN(C)C(=O)N[C@H]1CC[C@H](CCN2CCN(c3cc(-c4ccccn4)cc(N4CCOCC4)n3)CC2)CC1. The Morgan fingerprint density at radius 2 is 1.66 bits per heavy atom. The highest BCUT2D eigenvalue weighted by Crippen LogP contribution is 2.29. The van der Waals surface area contributed by atoms with Crippen LogP contribution >= 0.6 is 0 Å². The molecule has 0 atom stereocenters. The van der Waals surface area contributed by atoms with E-state index in [1.807, 2.05) is 18.3 Å². The van der Waals surface area contributed by atoms with E-state index in [0.29, 0.717) is 6.04 Å². The quantitative estimate of drug-likeness (QED) is 0.599. The first-order valence-corrected chi connectivity index (χ1v) is 14.3. The van der Waals surface area contributed by atoms with Crippen LogP contribution in [0.25, 0.3) is 11.3 Å². The van der Waals surface area contributed by atoms with Crippen LogP contribution in [-0.2, 0) is 4.74 Å². The zero-order chi connectivity index (χ0) is 26.3. The normalized spacial score (nSPS) is 22.8. The minimum absolute atomic E-state index is 0.0310. The Labute approximate surface area is 227 Å². The topological polar surface area (TPSA) is 77.1 Å². The number of carbonyl (C=O) groups is 1. The predicted molar refractivity (Wildman–Crippen MR) is 152 cm³/mol. The first-order valence-electron chi connectivity index (χ1n) is 14.3. The standard InChI is InChI=1S/C29H43N7O2/c1-33(2)29(37)31-25-8-6-23(7-9-25)10-12-34-13-15-35(16-14-34)27-21-24(26-5-3-4-11-30-26)22-28(32-27)36-17-19-38-20-18-36/h3-5,11,21-23,25H,6-10,12-20H2,1-2H3,(H,31,37)/t23-,25-. The molecule has 3 aliphatic rings. The molecule has 1 N–H and O–H groups in total. The van der Waals surface area contributed by atoms with Gasteiger partial charge >= 0.3 is 6.03 Å². The summed E-state index contributed by atoms with van der Waals surface area (Å²) < 4.78 is 5.57. The van der Waals surface area contributed by atoms with Gasteiger partial charge in [-0.05, 0) is 68.8 Å². The molecule has 2 aromatic rings. The lowest BCUT2D eigenvalue weighted by molar-refractivity contribution is 0.122. The van der Waals surface area contributed by atoms with Crippen LogP contribution in [0.15, 0.2) is 36.5 Å². The van der Waals surface area contributed by atoms with E-state index in [1.54, 1.807) is 19.0 Å². The van der Waals surface area contributed by atoms with E-state index in [1.165, 1.54) is 19.3 Å². The number of anilines is 2. The maximum Gasteiger partial charge on any atom is 0.317 e. The van der Waals surface area contributed by atoms with Gasteiger partial charge in [0.2, 0.25) is 0 Å². The van der Waals surface area contributed by atoms with Gasteiger partial charge in [-0.2, -0.15) is 0 Å². The fraction of sp³-hybridized carbons (Fsp3) is 0.621. The molecule has 1 saturated carbocycles. The predicted octanol–water partition coefficient (Wildman–Crippen LogP) is 3.32. The maximum atomic E-state index is 11.9. The van der Waals surface area contributed by atoms with E-state index >= 15 is 0 Å². The Balaban J connectivity index is 1.14. The molecule has 5 rings (SSSR count). The lowest BCUT2D eigenvalue weighted by Gasteiger charge is -2.37. The minimum atomic E-state index is 0.0310. The molecule has 9 nitrogen and oxygen atoms in total. The summed E-state index contributed by atoms with van der Waals surface area (Å²) in [6.07, 6.45) is 7.74. The number of piperazine rings is 1. The second-order valence-electron chi connectivity index (χ2n) is 11.1. The Kier molecular flexibility index (Phi) is 8.96. The van der Waals surface area contributed by atoms with Crippen LogP contribution in [0.4, 0.5) is 16.4 Å². The zero-order valence-electron chi connectivity index (χ0n) is 23.0. The summed E-state index contributed by atoms with van der Waals surface area (Å²) in [6.45, 7) is 8.51. The van der Waals surface area contributed by atoms with Crippen molar-refractivity contribution < 1.29 is 9.53 Å². The van der Waals surface area contributed by atoms with Gasteiger partial charge in [-0.1, -0.05) is 6.07 Å². The summed E-state index contributed by atoms with van der Waals surface area (Å²) >= 11 is 0. The highest BCUT2D eigenvalue weighted by atomic mass is 16.5. The third-order valence-electron chi connectivity index (χ3n) is 8.22. The van der Waals surface area contributed by atoms with E-state index in [4.69, 9.17) is 9.72 Å². The van der Waals surface area contributed by atoms with Gasteiger partial charge in [-0.3, -0.25) is 9.88 Å². The number of hydrogen-bond donors (Lipinski definition) is 1. The average molecular weight is 522 g/mol. The fourth-order valence-corrected chi connectivity index (χ4v) is 5.76. The van der Waals surface area contributed by atoms with E-state index in [0.717, 1.165) is 101 Å². The molecule has 4 heterocycles. The highest BCUT2D eigenvalue weighted by molar-refractivity contribution is 5.73. The van der Waals surface area contributed by atoms with Crippen molar-refractivity contribution in [2.45, 2.75) is 38.1 Å². The van der Waals surface area contributed by atoms with Gasteiger partial charge in [0, 0.05) is 71.2 Å². The van der Waals surface area contributed by atoms with Crippen LogP contribution in [0.3, 0.4) is 0 Å². The van der Waals surface area contributed by atoms with Crippen molar-refractivity contribution in [1.29, 1.82) is 0 Å². The summed E-state index contributed by atoms with van der Waals surface area (Å²) in [5.41, 5.74) is 2.11. The number of nitrogens with zero attached hydrogens (tertiary/aromatic N) is 6. The lowest BCUT2D eigenvalue weighted by Crippen LogP contribution is -2.47. The summed E-state index contributed by atoms with van der Waals surface area (Å²) in [7, 11) is 3.61. The Morgan fingerprint density at radius 1 is 0.974 bits per heavy atom. The van der Waals surface area contributed by atoms with Crippen molar-refractivity contribution in [3.63, 3.8) is 0 Å². The number of amides is 2. The van der Waals surface area contributed by atoms with Gasteiger partial charge in [0.25, 0.3) is 0 Å². The number of carbonyl (C=O) groups excluding carboxylic acids is 1. The van der Waals surface area contributed by atoms with Crippen LogP contribution in [0, 0.1) is 5.92 Å². The number of hydrogen-bond acceptors (Lipinski definition) is 7. The van der Waals surface area contributed by atoms with Crippen molar-refractivity contribution in [3.05, 3.63) is 36.5 Å². The molecule has 0 bridgehead atoms. The van der Waals surface area contributed by atoms with Crippen LogP contribution in [0.2, 0.25) is 0 Å². The molecule has 3 fully saturated rings. The summed E-state index contributed by atoms with van der Waals surface area (Å²) in [4.78, 5) is 30.7. The van der Waals surface area contributed by atoms with E-state index in [-0.39, 0.29) is 6.03 Å². The van der Waals surface area contributed by atoms with Crippen LogP contribution in [0.5, 0.6) is 0 Å². The molecule has 0 unspecified atom stereocenters. The molecular formula is C29H43N7O2. The molecule has 0 radical (unpaired) electrons. The number of aromatic nitrogens is 2. The van der Waals surface area contributed by atoms with E-state index in [2.05, 4.69) is 43.2 Å². The van der Waals surface area contributed by atoms with Crippen molar-refractivity contribution in [1.82, 2.24) is 25.1 Å². The van der Waals surface area contributed by atoms with Crippen molar-refractivity contribution in [2.24, 2.45) is 5.92 Å². The minimum Gasteiger partial charge on any atom is -0.378 e. The Morgan fingerprint density at radius 3 is 2.29 bits per heavy atom. The molecule has 2 aliphatic heterocycles. The molecule has 2 saturated heterocycles. The van der Waals surface area contributed by atoms with Crippen molar-refractivity contribution in [2.75, 3.05) is 82.9 Å². The molecule has 206 valence electrons. The largest absolute Gasteiger partial charge is 0.378 e. The fourth-order valence-electron chi connectivity index (χ4n) is 5.76. The number of ether oxygens (including phenoxy) is 1. The van der Waals surface area contributed by atoms with Crippen molar-refractivity contribution >= 4 is 17.7 Å². The van der Waals surface area contributed by atoms with Crippen LogP contribution in [-0.4, -0.2) is 105 Å². The molecular weight excluding hydrogens is 478 g/mol. The maximum absolute atomic E-state index is 11.9. The van der Waals surface area contributed by atoms with Gasteiger partial charge in [0.1, 0.15) is 11.6 Å². The molecule has 9 heteroatoms. The smallest absolute Gasteiger partial charge is 0.317 e. The molecule has 2 aromatic heterocycles. The number of rotatable bonds is 7. The van der Waals surface area contributed by atoms with Gasteiger partial charge in [-0.15, -0.1) is 0 Å². The van der Waals surface area contributed by atoms with Gasteiger partial charge in [0.15, 0.2) is 0 Å². The average Bonchev–Trinajstić information content (AvgIpc) is 2.97. The van der Waals surface area contributed by atoms with Crippen molar-refractivity contribution in [3.8, 4) is 11.3 Å². The number of morpholine rings is 1. The number of urea groups is 1. The van der Waals surface area contributed by atoms with E-state index in [9.17, 15) is 4.79 Å². The Hall–Kier alpha value is -2.91. The summed E-state index contributed by atoms with van der Waals surface area (Å²) in [5, 5.41) is 3.16. The third kappa shape index (κ3) is 6.94. The molecule has 0 spiro atoms. The monoisotopic (exact) mass is 521 g/mol. The summed E-state index contributed by atoms with van der Waals surface area (Å²) in [5.74, 6) is 2.84. The van der Waals surface area contributed by atoms with Gasteiger partial charge in [0.05, 0.1) is 18.9 Å².